The maximum absolute atomic E-state index is 12.9. The van der Waals surface area contributed by atoms with E-state index in [4.69, 9.17) is 0 Å². The van der Waals surface area contributed by atoms with E-state index in [9.17, 15) is 27.6 Å². The minimum absolute atomic E-state index is 0.0149. The van der Waals surface area contributed by atoms with Gasteiger partial charge in [0.2, 0.25) is 0 Å². The van der Waals surface area contributed by atoms with Gasteiger partial charge in [-0.1, -0.05) is 18.2 Å². The number of nitrogens with one attached hydrogen (secondary N) is 2. The Morgan fingerprint density at radius 2 is 1.22 bits per heavy atom. The van der Waals surface area contributed by atoms with E-state index in [1.54, 1.807) is 6.07 Å². The number of alkyl halides is 3. The van der Waals surface area contributed by atoms with Crippen molar-refractivity contribution in [3.63, 3.8) is 0 Å². The Hall–Kier alpha value is -4.14. The summed E-state index contributed by atoms with van der Waals surface area (Å²) >= 11 is 0. The number of benzene rings is 3. The van der Waals surface area contributed by atoms with E-state index in [1.807, 2.05) is 0 Å². The number of hydrogen-bond acceptors (Lipinski definition) is 4. The Labute approximate surface area is 181 Å². The molecule has 0 atom stereocenters. The van der Waals surface area contributed by atoms with Crippen molar-refractivity contribution >= 4 is 29.2 Å². The molecule has 0 saturated heterocycles. The third kappa shape index (κ3) is 5.51. The van der Waals surface area contributed by atoms with Crippen molar-refractivity contribution in [1.82, 2.24) is 0 Å². The summed E-state index contributed by atoms with van der Waals surface area (Å²) in [6, 6.07) is 16.1. The molecular formula is C23H17F3N2O4. The van der Waals surface area contributed by atoms with Crippen molar-refractivity contribution in [3.05, 3.63) is 95.1 Å². The molecule has 0 aliphatic carbocycles. The SMILES string of the molecule is COC(=O)c1cccc(C(=O)Nc2cccc(C(=O)Nc3cccc(C(F)(F)F)c3)c2)c1. The molecule has 0 aromatic heterocycles. The first-order chi connectivity index (χ1) is 15.2. The number of carbonyl (C=O) groups is 3. The van der Waals surface area contributed by atoms with Crippen molar-refractivity contribution < 1.29 is 32.3 Å². The molecule has 164 valence electrons. The second-order valence-corrected chi connectivity index (χ2v) is 6.64. The quantitative estimate of drug-likeness (QED) is 0.545. The summed E-state index contributed by atoms with van der Waals surface area (Å²) < 4.78 is 43.2. The molecule has 0 bridgehead atoms. The summed E-state index contributed by atoms with van der Waals surface area (Å²) in [5.41, 5.74) is -0.0795. The van der Waals surface area contributed by atoms with E-state index < -0.39 is 29.5 Å². The molecule has 0 saturated carbocycles. The van der Waals surface area contributed by atoms with Crippen LogP contribution < -0.4 is 10.6 Å². The average molecular weight is 442 g/mol. The molecule has 3 aromatic rings. The lowest BCUT2D eigenvalue weighted by Crippen LogP contribution is -2.15. The zero-order valence-electron chi connectivity index (χ0n) is 16.7. The summed E-state index contributed by atoms with van der Waals surface area (Å²) in [7, 11) is 1.23. The van der Waals surface area contributed by atoms with E-state index in [2.05, 4.69) is 15.4 Å². The lowest BCUT2D eigenvalue weighted by Gasteiger charge is -2.11. The molecule has 3 aromatic carbocycles. The molecular weight excluding hydrogens is 425 g/mol. The highest BCUT2D eigenvalue weighted by atomic mass is 19.4. The van der Waals surface area contributed by atoms with Crippen LogP contribution in [0.5, 0.6) is 0 Å². The third-order valence-electron chi connectivity index (χ3n) is 4.38. The highest BCUT2D eigenvalue weighted by Crippen LogP contribution is 2.30. The summed E-state index contributed by atoms with van der Waals surface area (Å²) in [4.78, 5) is 36.6. The largest absolute Gasteiger partial charge is 0.465 e. The molecule has 0 heterocycles. The lowest BCUT2D eigenvalue weighted by atomic mass is 10.1. The van der Waals surface area contributed by atoms with Crippen LogP contribution in [-0.4, -0.2) is 24.9 Å². The van der Waals surface area contributed by atoms with Crippen LogP contribution in [0.3, 0.4) is 0 Å². The maximum Gasteiger partial charge on any atom is 0.416 e. The van der Waals surface area contributed by atoms with E-state index >= 15 is 0 Å². The number of anilines is 2. The number of carbonyl (C=O) groups excluding carboxylic acids is 3. The van der Waals surface area contributed by atoms with Gasteiger partial charge in [-0.05, 0) is 54.6 Å². The number of amides is 2. The minimum Gasteiger partial charge on any atom is -0.465 e. The van der Waals surface area contributed by atoms with Gasteiger partial charge in [0.05, 0.1) is 18.2 Å². The number of halogens is 3. The average Bonchev–Trinajstić information content (AvgIpc) is 2.78. The Balaban J connectivity index is 1.74. The monoisotopic (exact) mass is 442 g/mol. The molecule has 6 nitrogen and oxygen atoms in total. The summed E-state index contributed by atoms with van der Waals surface area (Å²) in [5, 5.41) is 5.02. The van der Waals surface area contributed by atoms with Gasteiger partial charge in [-0.25, -0.2) is 4.79 Å². The standard InChI is InChI=1S/C23H17F3N2O4/c1-32-22(31)16-7-2-5-14(11-16)20(29)27-18-9-3-6-15(12-18)21(30)28-19-10-4-8-17(13-19)23(24,25)26/h2-13H,1H3,(H,27,29)(H,28,30). The van der Waals surface area contributed by atoms with Crippen LogP contribution in [0, 0.1) is 0 Å². The highest BCUT2D eigenvalue weighted by molar-refractivity contribution is 6.08. The number of hydrogen-bond donors (Lipinski definition) is 2. The summed E-state index contributed by atoms with van der Waals surface area (Å²) in [5.74, 6) is -1.76. The topological polar surface area (TPSA) is 84.5 Å². The van der Waals surface area contributed by atoms with E-state index in [0.717, 1.165) is 12.1 Å². The van der Waals surface area contributed by atoms with Crippen molar-refractivity contribution in [2.24, 2.45) is 0 Å². The molecule has 3 rings (SSSR count). The van der Waals surface area contributed by atoms with Crippen molar-refractivity contribution in [2.45, 2.75) is 6.18 Å². The first-order valence-corrected chi connectivity index (χ1v) is 9.26. The Bertz CT molecular complexity index is 1180. The normalized spacial score (nSPS) is 10.9. The van der Waals surface area contributed by atoms with Crippen LogP contribution in [0.1, 0.15) is 36.6 Å². The second kappa shape index (κ2) is 9.34. The number of rotatable bonds is 5. The van der Waals surface area contributed by atoms with Crippen LogP contribution in [0.25, 0.3) is 0 Å². The van der Waals surface area contributed by atoms with Crippen molar-refractivity contribution in [1.29, 1.82) is 0 Å². The Morgan fingerprint density at radius 1 is 0.719 bits per heavy atom. The van der Waals surface area contributed by atoms with Crippen LogP contribution in [0.4, 0.5) is 24.5 Å². The smallest absolute Gasteiger partial charge is 0.416 e. The Morgan fingerprint density at radius 3 is 1.81 bits per heavy atom. The fraction of sp³-hybridized carbons (Fsp3) is 0.0870. The molecule has 9 heteroatoms. The Kier molecular flexibility index (Phi) is 6.58. The van der Waals surface area contributed by atoms with Gasteiger partial charge >= 0.3 is 12.1 Å². The molecule has 0 spiro atoms. The second-order valence-electron chi connectivity index (χ2n) is 6.64. The highest BCUT2D eigenvalue weighted by Gasteiger charge is 2.30. The molecule has 0 unspecified atom stereocenters. The molecule has 0 aliphatic heterocycles. The van der Waals surface area contributed by atoms with Crippen LogP contribution in [0.15, 0.2) is 72.8 Å². The lowest BCUT2D eigenvalue weighted by molar-refractivity contribution is -0.137. The van der Waals surface area contributed by atoms with Crippen LogP contribution in [-0.2, 0) is 10.9 Å². The van der Waals surface area contributed by atoms with Gasteiger partial charge in [-0.3, -0.25) is 9.59 Å². The van der Waals surface area contributed by atoms with Gasteiger partial charge in [-0.15, -0.1) is 0 Å². The fourth-order valence-corrected chi connectivity index (χ4v) is 2.82. The fourth-order valence-electron chi connectivity index (χ4n) is 2.82. The molecule has 0 aliphatic rings. The van der Waals surface area contributed by atoms with Crippen LogP contribution in [0.2, 0.25) is 0 Å². The van der Waals surface area contributed by atoms with Gasteiger partial charge < -0.3 is 15.4 Å². The minimum atomic E-state index is -4.53. The van der Waals surface area contributed by atoms with Crippen LogP contribution >= 0.6 is 0 Å². The zero-order valence-corrected chi connectivity index (χ0v) is 16.7. The first-order valence-electron chi connectivity index (χ1n) is 9.26. The molecule has 32 heavy (non-hydrogen) atoms. The number of methoxy groups -OCH3 is 1. The molecule has 0 fully saturated rings. The van der Waals surface area contributed by atoms with Gasteiger partial charge in [-0.2, -0.15) is 13.2 Å². The maximum atomic E-state index is 12.9. The van der Waals surface area contributed by atoms with Crippen molar-refractivity contribution in [3.8, 4) is 0 Å². The van der Waals surface area contributed by atoms with Gasteiger partial charge in [0.1, 0.15) is 0 Å². The van der Waals surface area contributed by atoms with Gasteiger partial charge in [0.15, 0.2) is 0 Å². The van der Waals surface area contributed by atoms with Gasteiger partial charge in [0.25, 0.3) is 11.8 Å². The third-order valence-corrected chi connectivity index (χ3v) is 4.38. The molecule has 0 radical (unpaired) electrons. The number of ether oxygens (including phenoxy) is 1. The summed E-state index contributed by atoms with van der Waals surface area (Å²) in [6.45, 7) is 0. The number of esters is 1. The predicted molar refractivity (Wildman–Crippen MR) is 112 cm³/mol. The zero-order chi connectivity index (χ0) is 23.3. The van der Waals surface area contributed by atoms with Gasteiger partial charge in [0, 0.05) is 22.5 Å². The van der Waals surface area contributed by atoms with E-state index in [1.165, 1.54) is 61.7 Å². The summed E-state index contributed by atoms with van der Waals surface area (Å²) in [6.07, 6.45) is -4.53. The van der Waals surface area contributed by atoms with Crippen molar-refractivity contribution in [2.75, 3.05) is 17.7 Å². The molecule has 2 amide bonds. The van der Waals surface area contributed by atoms with E-state index in [0.29, 0.717) is 0 Å². The first kappa shape index (κ1) is 22.5. The van der Waals surface area contributed by atoms with E-state index in [-0.39, 0.29) is 28.1 Å². The predicted octanol–water partition coefficient (Wildman–Crippen LogP) is 5.00. The molecule has 2 N–H and O–H groups in total.